The maximum Gasteiger partial charge on any atom is 0.229 e. The molecule has 3 aromatic rings. The first-order valence-electron chi connectivity index (χ1n) is 9.79. The Morgan fingerprint density at radius 1 is 1.15 bits per heavy atom. The predicted octanol–water partition coefficient (Wildman–Crippen LogP) is 2.16. The summed E-state index contributed by atoms with van der Waals surface area (Å²) in [6, 6.07) is 0. The third kappa shape index (κ3) is 3.03. The van der Waals surface area contributed by atoms with Gasteiger partial charge in [-0.3, -0.25) is 0 Å². The summed E-state index contributed by atoms with van der Waals surface area (Å²) in [4.78, 5) is 15.3. The van der Waals surface area contributed by atoms with Gasteiger partial charge in [0.25, 0.3) is 0 Å². The molecule has 1 aliphatic carbocycles. The Morgan fingerprint density at radius 2 is 1.96 bits per heavy atom. The zero-order valence-electron chi connectivity index (χ0n) is 16.0. The molecule has 0 unspecified atom stereocenters. The Kier molecular flexibility index (Phi) is 4.76. The average Bonchev–Trinajstić information content (AvgIpc) is 3.01. The Bertz CT molecular complexity index is 931. The zero-order chi connectivity index (χ0) is 18.1. The molecule has 1 aliphatic rings. The van der Waals surface area contributed by atoms with Gasteiger partial charge in [-0.05, 0) is 43.2 Å². The molecule has 4 rings (SSSR count). The highest BCUT2D eigenvalue weighted by atomic mass is 16.3. The van der Waals surface area contributed by atoms with E-state index in [-0.39, 0.29) is 0 Å². The lowest BCUT2D eigenvalue weighted by Crippen LogP contribution is -3.06. The summed E-state index contributed by atoms with van der Waals surface area (Å²) in [7, 11) is 4.29. The van der Waals surface area contributed by atoms with Crippen molar-refractivity contribution < 1.29 is 9.32 Å². The molecule has 0 radical (unpaired) electrons. The number of aryl methyl sites for hydroxylation is 2. The lowest BCUT2D eigenvalue weighted by Gasteiger charge is -2.19. The molecule has 0 saturated carbocycles. The second kappa shape index (κ2) is 7.19. The van der Waals surface area contributed by atoms with E-state index in [9.17, 15) is 0 Å². The number of pyridine rings is 1. The minimum absolute atomic E-state index is 0.728. The largest absolute Gasteiger partial charge is 0.432 e. The highest BCUT2D eigenvalue weighted by molar-refractivity contribution is 6.06. The van der Waals surface area contributed by atoms with E-state index in [1.54, 1.807) is 6.33 Å². The molecule has 0 bridgehead atoms. The van der Waals surface area contributed by atoms with E-state index in [1.165, 1.54) is 34.6 Å². The average molecular weight is 354 g/mol. The summed E-state index contributed by atoms with van der Waals surface area (Å²) in [5.41, 5.74) is 6.44. The van der Waals surface area contributed by atoms with Crippen LogP contribution in [0.2, 0.25) is 0 Å². The minimum Gasteiger partial charge on any atom is -0.432 e. The van der Waals surface area contributed by atoms with Gasteiger partial charge >= 0.3 is 0 Å². The standard InChI is InChI=1S/C20H27N5O/c1-4-7-15-13-8-5-6-9-14(13)16-17-18(26-20(16)24-15)19(23-12-22-17)21-10-11-25(2)3/h12H,4-11H2,1-3H3,(H,21,22,23)/p+1. The first-order valence-corrected chi connectivity index (χ1v) is 9.79. The van der Waals surface area contributed by atoms with Gasteiger partial charge in [0.2, 0.25) is 5.71 Å². The molecule has 0 saturated heterocycles. The predicted molar refractivity (Wildman–Crippen MR) is 104 cm³/mol. The molecule has 6 nitrogen and oxygen atoms in total. The van der Waals surface area contributed by atoms with Gasteiger partial charge in [0, 0.05) is 5.69 Å². The summed E-state index contributed by atoms with van der Waals surface area (Å²) < 4.78 is 6.19. The second-order valence-corrected chi connectivity index (χ2v) is 7.54. The smallest absolute Gasteiger partial charge is 0.229 e. The van der Waals surface area contributed by atoms with E-state index in [1.807, 2.05) is 0 Å². The summed E-state index contributed by atoms with van der Waals surface area (Å²) in [6.45, 7) is 4.07. The Balaban J connectivity index is 1.86. The van der Waals surface area contributed by atoms with Crippen molar-refractivity contribution in [1.29, 1.82) is 0 Å². The highest BCUT2D eigenvalue weighted by Gasteiger charge is 2.24. The number of rotatable bonds is 6. The van der Waals surface area contributed by atoms with Crippen LogP contribution in [0, 0.1) is 0 Å². The topological polar surface area (TPSA) is 68.3 Å². The van der Waals surface area contributed by atoms with Crippen molar-refractivity contribution >= 4 is 28.0 Å². The van der Waals surface area contributed by atoms with Crippen molar-refractivity contribution in [2.45, 2.75) is 45.4 Å². The van der Waals surface area contributed by atoms with Crippen LogP contribution in [0.25, 0.3) is 22.2 Å². The summed E-state index contributed by atoms with van der Waals surface area (Å²) >= 11 is 0. The molecular formula is C20H28N5O+. The molecule has 0 aromatic carbocycles. The fraction of sp³-hybridized carbons (Fsp3) is 0.550. The van der Waals surface area contributed by atoms with Crippen molar-refractivity contribution in [1.82, 2.24) is 15.0 Å². The number of nitrogens with zero attached hydrogens (tertiary/aromatic N) is 3. The summed E-state index contributed by atoms with van der Waals surface area (Å²) in [5, 5.41) is 4.52. The third-order valence-corrected chi connectivity index (χ3v) is 5.21. The molecule has 0 atom stereocenters. The van der Waals surface area contributed by atoms with E-state index in [0.29, 0.717) is 0 Å². The van der Waals surface area contributed by atoms with Crippen molar-refractivity contribution in [2.75, 3.05) is 32.5 Å². The molecule has 0 aliphatic heterocycles. The van der Waals surface area contributed by atoms with Gasteiger partial charge in [-0.1, -0.05) is 13.3 Å². The van der Waals surface area contributed by atoms with Gasteiger partial charge in [-0.25, -0.2) is 15.0 Å². The van der Waals surface area contributed by atoms with Gasteiger partial charge in [0.15, 0.2) is 11.4 Å². The van der Waals surface area contributed by atoms with Crippen molar-refractivity contribution in [3.05, 3.63) is 23.1 Å². The van der Waals surface area contributed by atoms with Crippen LogP contribution in [-0.4, -0.2) is 42.1 Å². The third-order valence-electron chi connectivity index (χ3n) is 5.21. The van der Waals surface area contributed by atoms with E-state index in [2.05, 4.69) is 36.3 Å². The van der Waals surface area contributed by atoms with Gasteiger partial charge in [0.05, 0.1) is 32.6 Å². The van der Waals surface area contributed by atoms with Crippen LogP contribution in [-0.2, 0) is 19.3 Å². The van der Waals surface area contributed by atoms with Crippen molar-refractivity contribution in [2.24, 2.45) is 0 Å². The van der Waals surface area contributed by atoms with Crippen LogP contribution < -0.4 is 10.2 Å². The monoisotopic (exact) mass is 354 g/mol. The first kappa shape index (κ1) is 17.2. The number of hydrogen-bond donors (Lipinski definition) is 2. The molecule has 2 N–H and O–H groups in total. The van der Waals surface area contributed by atoms with Crippen LogP contribution in [0.1, 0.15) is 43.0 Å². The maximum atomic E-state index is 6.19. The molecule has 3 heterocycles. The molecule has 0 spiro atoms. The van der Waals surface area contributed by atoms with Crippen LogP contribution in [0.4, 0.5) is 5.82 Å². The molecule has 0 amide bonds. The number of nitrogens with one attached hydrogen (secondary N) is 2. The lowest BCUT2D eigenvalue weighted by atomic mass is 9.88. The lowest BCUT2D eigenvalue weighted by molar-refractivity contribution is -0.856. The number of anilines is 1. The Labute approximate surface area is 154 Å². The summed E-state index contributed by atoms with van der Waals surface area (Å²) in [6.07, 6.45) is 8.45. The van der Waals surface area contributed by atoms with E-state index >= 15 is 0 Å². The maximum absolute atomic E-state index is 6.19. The SMILES string of the molecule is CCCc1nc2oc3c(NCC[NH+](C)C)ncnc3c2c2c1CCCC2. The molecular weight excluding hydrogens is 326 g/mol. The van der Waals surface area contributed by atoms with E-state index < -0.39 is 0 Å². The van der Waals surface area contributed by atoms with Gasteiger partial charge in [0.1, 0.15) is 11.8 Å². The van der Waals surface area contributed by atoms with Crippen molar-refractivity contribution in [3.63, 3.8) is 0 Å². The van der Waals surface area contributed by atoms with Crippen molar-refractivity contribution in [3.8, 4) is 0 Å². The number of fused-ring (bicyclic) bond motifs is 5. The fourth-order valence-electron chi connectivity index (χ4n) is 3.94. The van der Waals surface area contributed by atoms with Gasteiger partial charge < -0.3 is 14.6 Å². The minimum atomic E-state index is 0.728. The fourth-order valence-corrected chi connectivity index (χ4v) is 3.94. The van der Waals surface area contributed by atoms with E-state index in [0.717, 1.165) is 66.8 Å². The first-order chi connectivity index (χ1) is 12.7. The van der Waals surface area contributed by atoms with Crippen LogP contribution in [0.5, 0.6) is 0 Å². The van der Waals surface area contributed by atoms with E-state index in [4.69, 9.17) is 9.40 Å². The second-order valence-electron chi connectivity index (χ2n) is 7.54. The molecule has 26 heavy (non-hydrogen) atoms. The molecule has 0 fully saturated rings. The zero-order valence-corrected chi connectivity index (χ0v) is 16.0. The molecule has 3 aromatic heterocycles. The number of furan rings is 1. The highest BCUT2D eigenvalue weighted by Crippen LogP contribution is 2.37. The summed E-state index contributed by atoms with van der Waals surface area (Å²) in [5.74, 6) is 0.774. The molecule has 138 valence electrons. The Morgan fingerprint density at radius 3 is 2.73 bits per heavy atom. The number of quaternary nitrogens is 1. The quantitative estimate of drug-likeness (QED) is 0.710. The molecule has 6 heteroatoms. The van der Waals surface area contributed by atoms with Crippen LogP contribution >= 0.6 is 0 Å². The Hall–Kier alpha value is -2.21. The van der Waals surface area contributed by atoms with Gasteiger partial charge in [-0.15, -0.1) is 0 Å². The number of aromatic nitrogens is 3. The number of hydrogen-bond acceptors (Lipinski definition) is 5. The normalized spacial score (nSPS) is 14.3. The van der Waals surface area contributed by atoms with Gasteiger partial charge in [-0.2, -0.15) is 0 Å². The van der Waals surface area contributed by atoms with Crippen LogP contribution in [0.3, 0.4) is 0 Å². The van der Waals surface area contributed by atoms with Crippen LogP contribution in [0.15, 0.2) is 10.7 Å². The number of likely N-dealkylation sites (N-methyl/N-ethyl adjacent to an activating group) is 1.